The lowest BCUT2D eigenvalue weighted by Gasteiger charge is -1.98. The number of hydrogen-bond acceptors (Lipinski definition) is 5. The van der Waals surface area contributed by atoms with E-state index in [1.165, 1.54) is 18.2 Å². The van der Waals surface area contributed by atoms with Gasteiger partial charge in [0.05, 0.1) is 0 Å². The molecule has 0 amide bonds. The fraction of sp³-hybridized carbons (Fsp3) is 0. The average Bonchev–Trinajstić information content (AvgIpc) is 2.16. The number of hydrogen-bond donors (Lipinski definition) is 1. The first kappa shape index (κ1) is 8.35. The van der Waals surface area contributed by atoms with Crippen LogP contribution in [0.15, 0.2) is 23.4 Å². The van der Waals surface area contributed by atoms with E-state index in [4.69, 9.17) is 5.90 Å². The van der Waals surface area contributed by atoms with Gasteiger partial charge in [-0.3, -0.25) is 4.79 Å². The number of aldehydes is 1. The Bertz CT molecular complexity index is 285. The molecule has 0 atom stereocenters. The van der Waals surface area contributed by atoms with E-state index in [9.17, 15) is 9.70 Å². The van der Waals surface area contributed by atoms with E-state index in [0.29, 0.717) is 11.8 Å². The number of benzene rings is 1. The molecule has 62 valence electrons. The number of nitroso groups, excluding NO2 is 1. The van der Waals surface area contributed by atoms with Gasteiger partial charge in [0.2, 0.25) is 0 Å². The smallest absolute Gasteiger partial charge is 0.150 e. The zero-order chi connectivity index (χ0) is 8.97. The molecular formula is C7H6N2O3. The normalized spacial score (nSPS) is 9.08. The molecule has 0 saturated heterocycles. The summed E-state index contributed by atoms with van der Waals surface area (Å²) in [4.78, 5) is 24.7. The highest BCUT2D eigenvalue weighted by Crippen LogP contribution is 2.21. The summed E-state index contributed by atoms with van der Waals surface area (Å²) >= 11 is 0. The van der Waals surface area contributed by atoms with Gasteiger partial charge in [0.25, 0.3) is 0 Å². The number of carbonyl (C=O) groups is 1. The molecule has 5 heteroatoms. The summed E-state index contributed by atoms with van der Waals surface area (Å²) in [7, 11) is 0. The maximum absolute atomic E-state index is 10.3. The third-order valence-electron chi connectivity index (χ3n) is 1.29. The highest BCUT2D eigenvalue weighted by Gasteiger charge is 2.00. The predicted molar refractivity (Wildman–Crippen MR) is 42.1 cm³/mol. The van der Waals surface area contributed by atoms with Crippen LogP contribution in [0.5, 0.6) is 5.75 Å². The molecule has 12 heavy (non-hydrogen) atoms. The first-order valence-electron chi connectivity index (χ1n) is 3.10. The molecule has 0 radical (unpaired) electrons. The van der Waals surface area contributed by atoms with Crippen molar-refractivity contribution >= 4 is 12.0 Å². The van der Waals surface area contributed by atoms with Crippen molar-refractivity contribution in [1.29, 1.82) is 0 Å². The lowest BCUT2D eigenvalue weighted by Crippen LogP contribution is -2.01. The summed E-state index contributed by atoms with van der Waals surface area (Å²) in [6.45, 7) is 0. The van der Waals surface area contributed by atoms with Crippen molar-refractivity contribution in [2.75, 3.05) is 0 Å². The highest BCUT2D eigenvalue weighted by atomic mass is 16.6. The molecule has 0 aliphatic carbocycles. The van der Waals surface area contributed by atoms with Crippen LogP contribution in [0.3, 0.4) is 0 Å². The van der Waals surface area contributed by atoms with E-state index in [0.717, 1.165) is 0 Å². The molecule has 0 bridgehead atoms. The number of rotatable bonds is 3. The second kappa shape index (κ2) is 3.59. The maximum Gasteiger partial charge on any atom is 0.150 e. The quantitative estimate of drug-likeness (QED) is 0.414. The molecule has 0 aliphatic heterocycles. The molecule has 0 unspecified atom stereocenters. The Hall–Kier alpha value is -1.75. The monoisotopic (exact) mass is 166 g/mol. The molecule has 0 aromatic heterocycles. The van der Waals surface area contributed by atoms with Crippen LogP contribution >= 0.6 is 0 Å². The van der Waals surface area contributed by atoms with Crippen molar-refractivity contribution < 1.29 is 9.63 Å². The minimum atomic E-state index is 0.111. The van der Waals surface area contributed by atoms with Crippen molar-refractivity contribution in [3.05, 3.63) is 28.7 Å². The largest absolute Gasteiger partial charge is 0.411 e. The summed E-state index contributed by atoms with van der Waals surface area (Å²) in [5.41, 5.74) is 0.410. The van der Waals surface area contributed by atoms with E-state index >= 15 is 0 Å². The van der Waals surface area contributed by atoms with Crippen molar-refractivity contribution in [2.24, 2.45) is 11.1 Å². The number of nitrogens with zero attached hydrogens (tertiary/aromatic N) is 1. The summed E-state index contributed by atoms with van der Waals surface area (Å²) in [5.74, 6) is 5.07. The third kappa shape index (κ3) is 1.64. The zero-order valence-corrected chi connectivity index (χ0v) is 6.06. The Morgan fingerprint density at radius 3 is 2.67 bits per heavy atom. The molecule has 2 N–H and O–H groups in total. The molecule has 1 aromatic carbocycles. The average molecular weight is 166 g/mol. The van der Waals surface area contributed by atoms with Gasteiger partial charge in [-0.15, -0.1) is 4.91 Å². The van der Waals surface area contributed by atoms with E-state index in [1.54, 1.807) is 0 Å². The van der Waals surface area contributed by atoms with Gasteiger partial charge in [-0.2, -0.15) is 5.90 Å². The van der Waals surface area contributed by atoms with E-state index in [1.807, 2.05) is 0 Å². The summed E-state index contributed by atoms with van der Waals surface area (Å²) in [6, 6.07) is 4.07. The van der Waals surface area contributed by atoms with E-state index in [-0.39, 0.29) is 11.4 Å². The SMILES string of the molecule is NOc1cc(C=O)cc(N=O)c1. The van der Waals surface area contributed by atoms with E-state index in [2.05, 4.69) is 10.0 Å². The summed E-state index contributed by atoms with van der Waals surface area (Å²) in [5, 5.41) is 2.64. The maximum atomic E-state index is 10.3. The van der Waals surface area contributed by atoms with Crippen molar-refractivity contribution in [2.45, 2.75) is 0 Å². The van der Waals surface area contributed by atoms with Crippen LogP contribution in [0, 0.1) is 4.91 Å². The summed E-state index contributed by atoms with van der Waals surface area (Å²) in [6.07, 6.45) is 0.581. The molecule has 5 nitrogen and oxygen atoms in total. The molecule has 0 heterocycles. The molecule has 0 spiro atoms. The van der Waals surface area contributed by atoms with Crippen LogP contribution in [0.4, 0.5) is 5.69 Å². The zero-order valence-electron chi connectivity index (χ0n) is 6.06. The lowest BCUT2D eigenvalue weighted by molar-refractivity contribution is 0.112. The van der Waals surface area contributed by atoms with Gasteiger partial charge >= 0.3 is 0 Å². The molecule has 0 aliphatic rings. The molecule has 0 saturated carbocycles. The fourth-order valence-corrected chi connectivity index (χ4v) is 0.795. The van der Waals surface area contributed by atoms with Crippen molar-refractivity contribution in [3.8, 4) is 5.75 Å². The van der Waals surface area contributed by atoms with Crippen LogP contribution in [-0.2, 0) is 0 Å². The highest BCUT2D eigenvalue weighted by molar-refractivity contribution is 5.77. The number of nitrogens with two attached hydrogens (primary N) is 1. The number of carbonyl (C=O) groups excluding carboxylic acids is 1. The van der Waals surface area contributed by atoms with Gasteiger partial charge in [-0.05, 0) is 17.3 Å². The molecule has 0 fully saturated rings. The van der Waals surface area contributed by atoms with Crippen LogP contribution in [-0.4, -0.2) is 6.29 Å². The van der Waals surface area contributed by atoms with Gasteiger partial charge in [0.15, 0.2) is 0 Å². The van der Waals surface area contributed by atoms with Gasteiger partial charge in [-0.25, -0.2) is 0 Å². The second-order valence-corrected chi connectivity index (χ2v) is 2.09. The van der Waals surface area contributed by atoms with E-state index < -0.39 is 0 Å². The topological polar surface area (TPSA) is 81.8 Å². The third-order valence-corrected chi connectivity index (χ3v) is 1.29. The van der Waals surface area contributed by atoms with Gasteiger partial charge in [-0.1, -0.05) is 0 Å². The molecule has 1 aromatic rings. The predicted octanol–water partition coefficient (Wildman–Crippen LogP) is 1.15. The van der Waals surface area contributed by atoms with Crippen molar-refractivity contribution in [3.63, 3.8) is 0 Å². The van der Waals surface area contributed by atoms with Crippen LogP contribution in [0.25, 0.3) is 0 Å². The standard InChI is InChI=1S/C7H6N2O3/c8-12-7-2-5(4-10)1-6(3-7)9-11/h1-4H,8H2. The van der Waals surface area contributed by atoms with Gasteiger partial charge in [0.1, 0.15) is 17.7 Å². The minimum absolute atomic E-state index is 0.111. The van der Waals surface area contributed by atoms with Crippen LogP contribution in [0.1, 0.15) is 10.4 Å². The molecule has 1 rings (SSSR count). The Balaban J connectivity index is 3.18. The Labute approximate surface area is 68.1 Å². The Kier molecular flexibility index (Phi) is 2.49. The Morgan fingerprint density at radius 1 is 1.42 bits per heavy atom. The second-order valence-electron chi connectivity index (χ2n) is 2.09. The summed E-state index contributed by atoms with van der Waals surface area (Å²) < 4.78 is 0. The first-order valence-corrected chi connectivity index (χ1v) is 3.10. The Morgan fingerprint density at radius 2 is 2.17 bits per heavy atom. The van der Waals surface area contributed by atoms with Gasteiger partial charge < -0.3 is 4.84 Å². The lowest BCUT2D eigenvalue weighted by atomic mass is 10.2. The van der Waals surface area contributed by atoms with Crippen molar-refractivity contribution in [1.82, 2.24) is 0 Å². The first-order chi connectivity index (χ1) is 5.80. The van der Waals surface area contributed by atoms with Crippen LogP contribution < -0.4 is 10.7 Å². The van der Waals surface area contributed by atoms with Gasteiger partial charge in [0, 0.05) is 11.6 Å². The fourth-order valence-electron chi connectivity index (χ4n) is 0.795. The molecular weight excluding hydrogens is 160 g/mol. The van der Waals surface area contributed by atoms with Crippen LogP contribution in [0.2, 0.25) is 0 Å². The minimum Gasteiger partial charge on any atom is -0.411 e.